The fourth-order valence-electron chi connectivity index (χ4n) is 1.41. The first-order chi connectivity index (χ1) is 8.63. The Bertz CT molecular complexity index is 549. The van der Waals surface area contributed by atoms with Crippen molar-refractivity contribution in [2.24, 2.45) is 0 Å². The average molecular weight is 269 g/mol. The van der Waals surface area contributed by atoms with E-state index >= 15 is 0 Å². The number of nitrogens with zero attached hydrogens (tertiary/aromatic N) is 2. The van der Waals surface area contributed by atoms with Gasteiger partial charge in [-0.15, -0.1) is 0 Å². The number of pyridine rings is 1. The summed E-state index contributed by atoms with van der Waals surface area (Å²) < 4.78 is 6.58. The van der Waals surface area contributed by atoms with Gasteiger partial charge < -0.3 is 9.14 Å². The number of imidazole rings is 1. The van der Waals surface area contributed by atoms with Crippen LogP contribution in [-0.4, -0.2) is 22.0 Å². The molecule has 0 saturated heterocycles. The zero-order chi connectivity index (χ0) is 13.7. The summed E-state index contributed by atoms with van der Waals surface area (Å²) in [6.45, 7) is 7.98. The highest BCUT2D eigenvalue weighted by Gasteiger charge is 2.13. The molecule has 0 aliphatic rings. The largest absolute Gasteiger partial charge is 0.461 e. The van der Waals surface area contributed by atoms with Crippen molar-refractivity contribution >= 4 is 23.2 Å². The Morgan fingerprint density at radius 1 is 1.50 bits per heavy atom. The van der Waals surface area contributed by atoms with E-state index < -0.39 is 5.97 Å². The number of rotatable bonds is 2. The summed E-state index contributed by atoms with van der Waals surface area (Å²) in [5.41, 5.74) is 1.77. The molecule has 0 saturated carbocycles. The van der Waals surface area contributed by atoms with Crippen LogP contribution in [0.4, 0.5) is 0 Å². The van der Waals surface area contributed by atoms with Gasteiger partial charge in [-0.05, 0) is 25.5 Å². The van der Waals surface area contributed by atoms with E-state index in [-0.39, 0.29) is 5.69 Å². The highest BCUT2D eigenvalue weighted by molar-refractivity contribution is 6.34. The summed E-state index contributed by atoms with van der Waals surface area (Å²) in [5, 5.41) is 0.554. The molecule has 0 unspecified atom stereocenters. The molecule has 4 nitrogen and oxygen atoms in total. The monoisotopic (exact) mass is 268 g/mol. The van der Waals surface area contributed by atoms with Crippen LogP contribution in [0.3, 0.4) is 0 Å². The summed E-state index contributed by atoms with van der Waals surface area (Å²) in [6, 6.07) is 1.87. The van der Waals surface area contributed by atoms with E-state index in [1.54, 1.807) is 17.5 Å². The Morgan fingerprint density at radius 3 is 2.78 bits per heavy atom. The van der Waals surface area contributed by atoms with Gasteiger partial charge in [0.25, 0.3) is 0 Å². The lowest BCUT2D eigenvalue weighted by Gasteiger charge is -1.98. The molecule has 0 amide bonds. The number of carbonyl (C=O) groups excluding carboxylic acids is 1. The van der Waals surface area contributed by atoms with Crippen molar-refractivity contribution in [3.05, 3.63) is 34.7 Å². The average Bonchev–Trinajstić information content (AvgIpc) is 2.82. The minimum atomic E-state index is -0.431. The van der Waals surface area contributed by atoms with Gasteiger partial charge in [0.15, 0.2) is 11.3 Å². The SMILES string of the molecule is CC.CCOC(=O)c1cn2ccc(C)c(Cl)c2n1. The maximum atomic E-state index is 11.5. The molecule has 2 aromatic heterocycles. The van der Waals surface area contributed by atoms with Gasteiger partial charge in [0.2, 0.25) is 0 Å². The van der Waals surface area contributed by atoms with Gasteiger partial charge in [0.05, 0.1) is 11.6 Å². The van der Waals surface area contributed by atoms with Crippen LogP contribution in [0.25, 0.3) is 5.65 Å². The fraction of sp³-hybridized carbons (Fsp3) is 0.385. The van der Waals surface area contributed by atoms with Crippen LogP contribution >= 0.6 is 11.6 Å². The summed E-state index contributed by atoms with van der Waals surface area (Å²) >= 11 is 6.09. The summed E-state index contributed by atoms with van der Waals surface area (Å²) in [6.07, 6.45) is 3.42. The van der Waals surface area contributed by atoms with Gasteiger partial charge in [-0.2, -0.15) is 0 Å². The van der Waals surface area contributed by atoms with Crippen molar-refractivity contribution < 1.29 is 9.53 Å². The van der Waals surface area contributed by atoms with Crippen molar-refractivity contribution in [1.29, 1.82) is 0 Å². The van der Waals surface area contributed by atoms with Crippen molar-refractivity contribution in [2.75, 3.05) is 6.61 Å². The Balaban J connectivity index is 0.000000771. The van der Waals surface area contributed by atoms with Gasteiger partial charge in [-0.3, -0.25) is 0 Å². The zero-order valence-electron chi connectivity index (χ0n) is 11.0. The standard InChI is InChI=1S/C11H11ClN2O2.C2H6/c1-3-16-11(15)8-6-14-5-4-7(2)9(12)10(14)13-8;1-2/h4-6H,3H2,1-2H3;1-2H3. The number of esters is 1. The van der Waals surface area contributed by atoms with E-state index in [1.165, 1.54) is 0 Å². The molecule has 0 radical (unpaired) electrons. The van der Waals surface area contributed by atoms with Crippen LogP contribution in [0.15, 0.2) is 18.5 Å². The van der Waals surface area contributed by atoms with Crippen LogP contribution in [0, 0.1) is 6.92 Å². The molecule has 98 valence electrons. The number of aromatic nitrogens is 2. The van der Waals surface area contributed by atoms with Crippen LogP contribution in [-0.2, 0) is 4.74 Å². The lowest BCUT2D eigenvalue weighted by molar-refractivity contribution is 0.0520. The Labute approximate surface area is 112 Å². The second-order valence-electron chi connectivity index (χ2n) is 3.39. The van der Waals surface area contributed by atoms with E-state index in [1.807, 2.05) is 33.0 Å². The number of fused-ring (bicyclic) bond motifs is 1. The van der Waals surface area contributed by atoms with Crippen molar-refractivity contribution in [3.63, 3.8) is 0 Å². The predicted molar refractivity (Wildman–Crippen MR) is 72.2 cm³/mol. The first kappa shape index (κ1) is 14.5. The van der Waals surface area contributed by atoms with E-state index in [9.17, 15) is 4.79 Å². The zero-order valence-corrected chi connectivity index (χ0v) is 11.8. The highest BCUT2D eigenvalue weighted by Crippen LogP contribution is 2.21. The van der Waals surface area contributed by atoms with E-state index in [0.717, 1.165) is 5.56 Å². The second kappa shape index (κ2) is 6.40. The van der Waals surface area contributed by atoms with Crippen LogP contribution in [0.1, 0.15) is 36.8 Å². The Morgan fingerprint density at radius 2 is 2.17 bits per heavy atom. The molecule has 0 bridgehead atoms. The Hall–Kier alpha value is -1.55. The fourth-order valence-corrected chi connectivity index (χ4v) is 1.62. The van der Waals surface area contributed by atoms with Gasteiger partial charge >= 0.3 is 5.97 Å². The minimum Gasteiger partial charge on any atom is -0.461 e. The van der Waals surface area contributed by atoms with Crippen molar-refractivity contribution in [1.82, 2.24) is 9.38 Å². The van der Waals surface area contributed by atoms with Crippen LogP contribution < -0.4 is 0 Å². The molecule has 0 N–H and O–H groups in total. The first-order valence-electron chi connectivity index (χ1n) is 5.94. The van der Waals surface area contributed by atoms with Gasteiger partial charge in [0.1, 0.15) is 0 Å². The molecule has 0 spiro atoms. The first-order valence-corrected chi connectivity index (χ1v) is 6.32. The van der Waals surface area contributed by atoms with Gasteiger partial charge in [-0.25, -0.2) is 9.78 Å². The number of hydrogen-bond acceptors (Lipinski definition) is 3. The van der Waals surface area contributed by atoms with Crippen molar-refractivity contribution in [3.8, 4) is 0 Å². The topological polar surface area (TPSA) is 43.6 Å². The molecule has 0 aromatic carbocycles. The number of ether oxygens (including phenoxy) is 1. The number of hydrogen-bond donors (Lipinski definition) is 0. The normalized spacial score (nSPS) is 9.83. The lowest BCUT2D eigenvalue weighted by Crippen LogP contribution is -2.04. The predicted octanol–water partition coefficient (Wildman–Crippen LogP) is 3.50. The summed E-state index contributed by atoms with van der Waals surface area (Å²) in [5.74, 6) is -0.431. The summed E-state index contributed by atoms with van der Waals surface area (Å²) in [4.78, 5) is 15.6. The third kappa shape index (κ3) is 2.82. The molecule has 0 atom stereocenters. The smallest absolute Gasteiger partial charge is 0.358 e. The lowest BCUT2D eigenvalue weighted by atomic mass is 10.3. The highest BCUT2D eigenvalue weighted by atomic mass is 35.5. The molecule has 0 fully saturated rings. The number of halogens is 1. The van der Waals surface area contributed by atoms with Crippen LogP contribution in [0.2, 0.25) is 5.02 Å². The van der Waals surface area contributed by atoms with E-state index in [4.69, 9.17) is 16.3 Å². The maximum absolute atomic E-state index is 11.5. The molecule has 2 aromatic rings. The van der Waals surface area contributed by atoms with E-state index in [0.29, 0.717) is 17.3 Å². The van der Waals surface area contributed by atoms with Crippen LogP contribution in [0.5, 0.6) is 0 Å². The molecule has 0 aliphatic carbocycles. The maximum Gasteiger partial charge on any atom is 0.358 e. The number of aryl methyl sites for hydroxylation is 1. The van der Waals surface area contributed by atoms with E-state index in [2.05, 4.69) is 4.98 Å². The molecule has 2 heterocycles. The molecular formula is C13H17ClN2O2. The third-order valence-corrected chi connectivity index (χ3v) is 2.71. The van der Waals surface area contributed by atoms with Crippen molar-refractivity contribution in [2.45, 2.75) is 27.7 Å². The second-order valence-corrected chi connectivity index (χ2v) is 3.77. The quantitative estimate of drug-likeness (QED) is 0.783. The number of carbonyl (C=O) groups is 1. The minimum absolute atomic E-state index is 0.273. The van der Waals surface area contributed by atoms with Gasteiger partial charge in [0, 0.05) is 12.4 Å². The summed E-state index contributed by atoms with van der Waals surface area (Å²) in [7, 11) is 0. The Kier molecular flexibility index (Phi) is 5.16. The third-order valence-electron chi connectivity index (χ3n) is 2.24. The molecule has 18 heavy (non-hydrogen) atoms. The molecule has 0 aliphatic heterocycles. The molecule has 5 heteroatoms. The molecular weight excluding hydrogens is 252 g/mol. The van der Waals surface area contributed by atoms with Gasteiger partial charge in [-0.1, -0.05) is 25.4 Å². The molecule has 2 rings (SSSR count).